The van der Waals surface area contributed by atoms with Crippen LogP contribution in [0, 0.1) is 0 Å². The summed E-state index contributed by atoms with van der Waals surface area (Å²) in [5, 5.41) is 17.9. The highest BCUT2D eigenvalue weighted by molar-refractivity contribution is 4.40. The summed E-state index contributed by atoms with van der Waals surface area (Å²) < 4.78 is 0. The molecule has 0 rings (SSSR count). The van der Waals surface area contributed by atoms with Crippen LogP contribution in [-0.4, -0.2) is 17.8 Å². The average Bonchev–Trinajstić information content (AvgIpc) is 1.35. The van der Waals surface area contributed by atoms with Gasteiger partial charge >= 0.3 is 0 Å². The van der Waals surface area contributed by atoms with E-state index in [2.05, 4.69) is 0 Å². The molecule has 6 heavy (non-hydrogen) atoms. The van der Waals surface area contributed by atoms with E-state index in [1.54, 1.807) is 6.92 Å². The molecule has 0 aliphatic heterocycles. The van der Waals surface area contributed by atoms with Crippen molar-refractivity contribution in [3.8, 4) is 0 Å². The van der Waals surface area contributed by atoms with Crippen molar-refractivity contribution in [1.82, 2.24) is 0 Å². The van der Waals surface area contributed by atoms with Crippen molar-refractivity contribution in [2.75, 3.05) is 6.61 Å². The molecule has 2 nitrogen and oxygen atoms in total. The molecule has 0 bridgehead atoms. The number of hydrogen-bond donors (Lipinski definition) is 1. The highest BCUT2D eigenvalue weighted by Gasteiger charge is 1.89. The smallest absolute Gasteiger partial charge is 0.0846 e. The SMILES string of the molecule is C[C@H](O)CC[O]. The molecule has 0 aromatic rings. The molecular weight excluding hydrogens is 80.0 g/mol. The Labute approximate surface area is 37.4 Å². The van der Waals surface area contributed by atoms with Crippen LogP contribution in [0.5, 0.6) is 0 Å². The molecule has 1 atom stereocenters. The fraction of sp³-hybridized carbons (Fsp3) is 1.00. The van der Waals surface area contributed by atoms with Gasteiger partial charge in [-0.25, -0.2) is 5.11 Å². The zero-order valence-corrected chi connectivity index (χ0v) is 3.85. The highest BCUT2D eigenvalue weighted by Crippen LogP contribution is 1.83. The van der Waals surface area contributed by atoms with Crippen molar-refractivity contribution < 1.29 is 10.2 Å². The van der Waals surface area contributed by atoms with Crippen molar-refractivity contribution in [2.45, 2.75) is 19.4 Å². The molecule has 1 N–H and O–H groups in total. The maximum Gasteiger partial charge on any atom is 0.0846 e. The molecular formula is C4H9O2. The molecule has 0 aromatic heterocycles. The third kappa shape index (κ3) is 3.92. The second kappa shape index (κ2) is 3.12. The quantitative estimate of drug-likeness (QED) is 0.515. The second-order valence-corrected chi connectivity index (χ2v) is 1.34. The summed E-state index contributed by atoms with van der Waals surface area (Å²) in [4.78, 5) is 0. The fourth-order valence-corrected chi connectivity index (χ4v) is 0.171. The third-order valence-corrected chi connectivity index (χ3v) is 0.536. The fourth-order valence-electron chi connectivity index (χ4n) is 0.171. The van der Waals surface area contributed by atoms with Gasteiger partial charge in [0.2, 0.25) is 0 Å². The molecule has 0 fully saturated rings. The Morgan fingerprint density at radius 1 is 1.83 bits per heavy atom. The van der Waals surface area contributed by atoms with E-state index in [-0.39, 0.29) is 6.61 Å². The predicted molar refractivity (Wildman–Crippen MR) is 21.9 cm³/mol. The first-order valence-corrected chi connectivity index (χ1v) is 2.03. The van der Waals surface area contributed by atoms with E-state index in [1.165, 1.54) is 0 Å². The maximum absolute atomic E-state index is 9.58. The molecule has 0 aliphatic carbocycles. The van der Waals surface area contributed by atoms with Gasteiger partial charge in [0.15, 0.2) is 0 Å². The lowest BCUT2D eigenvalue weighted by atomic mass is 10.3. The van der Waals surface area contributed by atoms with Crippen LogP contribution in [0.15, 0.2) is 0 Å². The monoisotopic (exact) mass is 89.1 g/mol. The molecule has 1 radical (unpaired) electrons. The van der Waals surface area contributed by atoms with Crippen molar-refractivity contribution in [3.05, 3.63) is 0 Å². The molecule has 2 heteroatoms. The summed E-state index contributed by atoms with van der Waals surface area (Å²) in [7, 11) is 0. The van der Waals surface area contributed by atoms with Gasteiger partial charge in [-0.2, -0.15) is 0 Å². The van der Waals surface area contributed by atoms with Gasteiger partial charge in [0, 0.05) is 0 Å². The van der Waals surface area contributed by atoms with E-state index in [9.17, 15) is 5.11 Å². The zero-order chi connectivity index (χ0) is 4.99. The minimum Gasteiger partial charge on any atom is -0.393 e. The minimum absolute atomic E-state index is 0.169. The highest BCUT2D eigenvalue weighted by atomic mass is 16.3. The first-order chi connectivity index (χ1) is 2.77. The molecule has 0 aliphatic rings. The maximum atomic E-state index is 9.58. The van der Waals surface area contributed by atoms with E-state index in [0.29, 0.717) is 6.42 Å². The molecule has 0 heterocycles. The first kappa shape index (κ1) is 5.92. The Morgan fingerprint density at radius 2 is 2.33 bits per heavy atom. The Hall–Kier alpha value is -0.0800. The Bertz CT molecular complexity index is 26.7. The van der Waals surface area contributed by atoms with Gasteiger partial charge in [-0.05, 0) is 13.3 Å². The standard InChI is InChI=1S/C4H9O2/c1-4(6)2-3-5/h4,6H,2-3H2,1H3/t4-/m0/s1. The van der Waals surface area contributed by atoms with Crippen LogP contribution in [0.3, 0.4) is 0 Å². The van der Waals surface area contributed by atoms with Crippen LogP contribution < -0.4 is 0 Å². The summed E-state index contributed by atoms with van der Waals surface area (Å²) in [6, 6.07) is 0. The molecule has 0 unspecified atom stereocenters. The van der Waals surface area contributed by atoms with Crippen LogP contribution in [0.2, 0.25) is 0 Å². The van der Waals surface area contributed by atoms with E-state index in [1.807, 2.05) is 0 Å². The summed E-state index contributed by atoms with van der Waals surface area (Å²) in [6.07, 6.45) is -0.0394. The normalized spacial score (nSPS) is 14.5. The third-order valence-electron chi connectivity index (χ3n) is 0.536. The van der Waals surface area contributed by atoms with Gasteiger partial charge in [-0.1, -0.05) is 0 Å². The van der Waals surface area contributed by atoms with Crippen LogP contribution in [0.4, 0.5) is 0 Å². The van der Waals surface area contributed by atoms with Gasteiger partial charge in [-0.3, -0.25) is 0 Å². The largest absolute Gasteiger partial charge is 0.393 e. The van der Waals surface area contributed by atoms with Crippen molar-refractivity contribution in [2.24, 2.45) is 0 Å². The van der Waals surface area contributed by atoms with E-state index in [4.69, 9.17) is 5.11 Å². The van der Waals surface area contributed by atoms with Gasteiger partial charge in [0.05, 0.1) is 12.7 Å². The van der Waals surface area contributed by atoms with Gasteiger partial charge < -0.3 is 5.11 Å². The Balaban J connectivity index is 2.63. The van der Waals surface area contributed by atoms with E-state index < -0.39 is 6.10 Å². The number of aliphatic hydroxyl groups excluding tert-OH is 1. The average molecular weight is 89.1 g/mol. The molecule has 0 amide bonds. The van der Waals surface area contributed by atoms with E-state index in [0.717, 1.165) is 0 Å². The minimum atomic E-state index is -0.414. The molecule has 37 valence electrons. The van der Waals surface area contributed by atoms with Crippen LogP contribution in [0.25, 0.3) is 0 Å². The number of hydrogen-bond acceptors (Lipinski definition) is 1. The molecule has 0 saturated heterocycles. The van der Waals surface area contributed by atoms with Crippen molar-refractivity contribution in [1.29, 1.82) is 0 Å². The summed E-state index contributed by atoms with van der Waals surface area (Å²) in [5.74, 6) is 0. The Morgan fingerprint density at radius 3 is 2.33 bits per heavy atom. The summed E-state index contributed by atoms with van der Waals surface area (Å²) in [6.45, 7) is 1.44. The van der Waals surface area contributed by atoms with Gasteiger partial charge in [0.1, 0.15) is 0 Å². The van der Waals surface area contributed by atoms with Gasteiger partial charge in [0.25, 0.3) is 0 Å². The summed E-state index contributed by atoms with van der Waals surface area (Å²) in [5.41, 5.74) is 0. The molecule has 0 aromatic carbocycles. The molecule has 0 spiro atoms. The lowest BCUT2D eigenvalue weighted by Gasteiger charge is -1.93. The van der Waals surface area contributed by atoms with E-state index >= 15 is 0 Å². The number of aliphatic hydroxyl groups is 1. The first-order valence-electron chi connectivity index (χ1n) is 2.03. The zero-order valence-electron chi connectivity index (χ0n) is 3.85. The topological polar surface area (TPSA) is 40.1 Å². The van der Waals surface area contributed by atoms with Gasteiger partial charge in [-0.15, -0.1) is 0 Å². The Kier molecular flexibility index (Phi) is 3.08. The van der Waals surface area contributed by atoms with Crippen LogP contribution in [-0.2, 0) is 5.11 Å². The van der Waals surface area contributed by atoms with Crippen molar-refractivity contribution >= 4 is 0 Å². The van der Waals surface area contributed by atoms with Crippen LogP contribution >= 0.6 is 0 Å². The number of rotatable bonds is 2. The summed E-state index contributed by atoms with van der Waals surface area (Å²) >= 11 is 0. The predicted octanol–water partition coefficient (Wildman–Crippen LogP) is 0.188. The lowest BCUT2D eigenvalue weighted by molar-refractivity contribution is 0.115. The second-order valence-electron chi connectivity index (χ2n) is 1.34. The lowest BCUT2D eigenvalue weighted by Crippen LogP contribution is -2.00. The van der Waals surface area contributed by atoms with Crippen LogP contribution in [0.1, 0.15) is 13.3 Å². The molecule has 0 saturated carbocycles. The van der Waals surface area contributed by atoms with Crippen molar-refractivity contribution in [3.63, 3.8) is 0 Å².